The van der Waals surface area contributed by atoms with E-state index in [9.17, 15) is 0 Å². The van der Waals surface area contributed by atoms with Gasteiger partial charge in [-0.05, 0) is 35.9 Å². The van der Waals surface area contributed by atoms with Gasteiger partial charge in [0.2, 0.25) is 0 Å². The summed E-state index contributed by atoms with van der Waals surface area (Å²) in [4.78, 5) is 4.91. The van der Waals surface area contributed by atoms with Gasteiger partial charge in [0.15, 0.2) is 0 Å². The molecule has 0 N–H and O–H groups in total. The van der Waals surface area contributed by atoms with Crippen molar-refractivity contribution in [2.45, 2.75) is 6.54 Å². The second kappa shape index (κ2) is 6.61. The number of hydrogen-bond donors (Lipinski definition) is 0. The first-order valence-corrected chi connectivity index (χ1v) is 7.84. The third-order valence-corrected chi connectivity index (χ3v) is 4.35. The molecule has 110 valence electrons. The molecule has 2 nitrogen and oxygen atoms in total. The van der Waals surface area contributed by atoms with E-state index in [1.165, 1.54) is 29.8 Å². The molecule has 0 amide bonds. The highest BCUT2D eigenvalue weighted by molar-refractivity contribution is 6.30. The smallest absolute Gasteiger partial charge is 0.0412 e. The van der Waals surface area contributed by atoms with E-state index in [0.717, 1.165) is 24.7 Å². The van der Waals surface area contributed by atoms with Crippen molar-refractivity contribution >= 4 is 11.6 Å². The fraction of sp³-hybridized carbons (Fsp3) is 0.333. The van der Waals surface area contributed by atoms with Crippen LogP contribution in [-0.4, -0.2) is 43.0 Å². The highest BCUT2D eigenvalue weighted by atomic mass is 35.5. The number of likely N-dealkylation sites (N-methyl/N-ethyl adjacent to an activating group) is 1. The molecule has 0 spiro atoms. The van der Waals surface area contributed by atoms with E-state index >= 15 is 0 Å². The summed E-state index contributed by atoms with van der Waals surface area (Å²) >= 11 is 6.06. The summed E-state index contributed by atoms with van der Waals surface area (Å²) in [6, 6.07) is 16.9. The molecule has 3 rings (SSSR count). The van der Waals surface area contributed by atoms with E-state index in [2.05, 4.69) is 47.2 Å². The molecule has 0 atom stereocenters. The van der Waals surface area contributed by atoms with E-state index in [1.54, 1.807) is 0 Å². The van der Waals surface area contributed by atoms with Crippen LogP contribution in [0.5, 0.6) is 0 Å². The fourth-order valence-corrected chi connectivity index (χ4v) is 2.93. The molecule has 0 aromatic heterocycles. The lowest BCUT2D eigenvalue weighted by molar-refractivity contribution is 0.148. The van der Waals surface area contributed by atoms with Crippen LogP contribution < -0.4 is 0 Å². The normalized spacial score (nSPS) is 17.0. The van der Waals surface area contributed by atoms with Crippen LogP contribution in [0.4, 0.5) is 0 Å². The second-order valence-electron chi connectivity index (χ2n) is 5.79. The molecule has 0 bridgehead atoms. The second-order valence-corrected chi connectivity index (χ2v) is 6.22. The Bertz CT molecular complexity index is 586. The van der Waals surface area contributed by atoms with Gasteiger partial charge in [-0.1, -0.05) is 48.0 Å². The lowest BCUT2D eigenvalue weighted by atomic mass is 10.0. The minimum Gasteiger partial charge on any atom is -0.304 e. The lowest BCUT2D eigenvalue weighted by Gasteiger charge is -2.32. The van der Waals surface area contributed by atoms with Gasteiger partial charge in [0.25, 0.3) is 0 Å². The van der Waals surface area contributed by atoms with Crippen LogP contribution in [0, 0.1) is 0 Å². The molecule has 2 aromatic rings. The summed E-state index contributed by atoms with van der Waals surface area (Å²) in [6.45, 7) is 5.70. The Kier molecular flexibility index (Phi) is 4.59. The maximum Gasteiger partial charge on any atom is 0.0412 e. The van der Waals surface area contributed by atoms with E-state index < -0.39 is 0 Å². The van der Waals surface area contributed by atoms with Crippen LogP contribution in [0.1, 0.15) is 5.56 Å². The van der Waals surface area contributed by atoms with Crippen molar-refractivity contribution in [3.8, 4) is 11.1 Å². The van der Waals surface area contributed by atoms with Crippen LogP contribution in [0.15, 0.2) is 48.5 Å². The van der Waals surface area contributed by atoms with Crippen molar-refractivity contribution in [2.24, 2.45) is 0 Å². The number of nitrogens with zero attached hydrogens (tertiary/aromatic N) is 2. The monoisotopic (exact) mass is 300 g/mol. The molecule has 0 unspecified atom stereocenters. The van der Waals surface area contributed by atoms with E-state index in [-0.39, 0.29) is 0 Å². The molecule has 1 saturated heterocycles. The Labute approximate surface area is 131 Å². The average Bonchev–Trinajstić information content (AvgIpc) is 2.50. The van der Waals surface area contributed by atoms with Crippen LogP contribution in [0.25, 0.3) is 11.1 Å². The van der Waals surface area contributed by atoms with Gasteiger partial charge in [-0.25, -0.2) is 0 Å². The lowest BCUT2D eigenvalue weighted by Crippen LogP contribution is -2.43. The molecular formula is C18H21ClN2. The zero-order valence-corrected chi connectivity index (χ0v) is 13.2. The molecule has 1 fully saturated rings. The summed E-state index contributed by atoms with van der Waals surface area (Å²) in [5.41, 5.74) is 3.78. The minimum atomic E-state index is 0.786. The molecule has 0 radical (unpaired) electrons. The number of rotatable bonds is 3. The summed E-state index contributed by atoms with van der Waals surface area (Å²) in [7, 11) is 2.19. The Morgan fingerprint density at radius 3 is 2.29 bits per heavy atom. The topological polar surface area (TPSA) is 6.48 Å². The number of halogens is 1. The largest absolute Gasteiger partial charge is 0.304 e. The van der Waals surface area contributed by atoms with Crippen molar-refractivity contribution in [3.63, 3.8) is 0 Å². The van der Waals surface area contributed by atoms with Crippen molar-refractivity contribution < 1.29 is 0 Å². The summed E-state index contributed by atoms with van der Waals surface area (Å²) in [6.07, 6.45) is 0. The summed E-state index contributed by atoms with van der Waals surface area (Å²) in [5, 5.41) is 0.786. The molecule has 2 aromatic carbocycles. The molecule has 1 heterocycles. The molecular weight excluding hydrogens is 280 g/mol. The molecule has 1 aliphatic rings. The van der Waals surface area contributed by atoms with Crippen molar-refractivity contribution in [1.82, 2.24) is 9.80 Å². The third kappa shape index (κ3) is 3.85. The Balaban J connectivity index is 1.67. The van der Waals surface area contributed by atoms with Crippen LogP contribution in [-0.2, 0) is 6.54 Å². The van der Waals surface area contributed by atoms with Crippen molar-refractivity contribution in [1.29, 1.82) is 0 Å². The van der Waals surface area contributed by atoms with Crippen molar-refractivity contribution in [2.75, 3.05) is 33.2 Å². The van der Waals surface area contributed by atoms with Gasteiger partial charge in [0.05, 0.1) is 0 Å². The zero-order valence-electron chi connectivity index (χ0n) is 12.4. The fourth-order valence-electron chi connectivity index (χ4n) is 2.73. The predicted molar refractivity (Wildman–Crippen MR) is 89.7 cm³/mol. The van der Waals surface area contributed by atoms with Crippen molar-refractivity contribution in [3.05, 3.63) is 59.1 Å². The van der Waals surface area contributed by atoms with E-state index in [4.69, 9.17) is 11.6 Å². The number of piperazine rings is 1. The van der Waals surface area contributed by atoms with Gasteiger partial charge in [-0.15, -0.1) is 0 Å². The Morgan fingerprint density at radius 1 is 0.905 bits per heavy atom. The maximum atomic E-state index is 6.06. The van der Waals surface area contributed by atoms with Gasteiger partial charge in [-0.3, -0.25) is 4.90 Å². The van der Waals surface area contributed by atoms with Gasteiger partial charge < -0.3 is 4.90 Å². The number of hydrogen-bond acceptors (Lipinski definition) is 2. The van der Waals surface area contributed by atoms with E-state index in [0.29, 0.717) is 0 Å². The average molecular weight is 301 g/mol. The SMILES string of the molecule is CN1CCN(Cc2ccc(-c3cccc(Cl)c3)cc2)CC1. The van der Waals surface area contributed by atoms with Gasteiger partial charge >= 0.3 is 0 Å². The summed E-state index contributed by atoms with van der Waals surface area (Å²) in [5.74, 6) is 0. The first kappa shape index (κ1) is 14.6. The van der Waals surface area contributed by atoms with Crippen LogP contribution in [0.3, 0.4) is 0 Å². The summed E-state index contributed by atoms with van der Waals surface area (Å²) < 4.78 is 0. The van der Waals surface area contributed by atoms with Gasteiger partial charge in [-0.2, -0.15) is 0 Å². The quantitative estimate of drug-likeness (QED) is 0.852. The molecule has 1 aliphatic heterocycles. The Hall–Kier alpha value is -1.35. The standard InChI is InChI=1S/C18H21ClN2/c1-20-9-11-21(12-10-20)14-15-5-7-16(8-6-15)17-3-2-4-18(19)13-17/h2-8,13H,9-12,14H2,1H3. The van der Waals surface area contributed by atoms with Gasteiger partial charge in [0.1, 0.15) is 0 Å². The van der Waals surface area contributed by atoms with Crippen LogP contribution >= 0.6 is 11.6 Å². The first-order chi connectivity index (χ1) is 10.2. The first-order valence-electron chi connectivity index (χ1n) is 7.46. The van der Waals surface area contributed by atoms with E-state index in [1.807, 2.05) is 18.2 Å². The molecule has 3 heteroatoms. The Morgan fingerprint density at radius 2 is 1.62 bits per heavy atom. The minimum absolute atomic E-state index is 0.786. The van der Waals surface area contributed by atoms with Crippen LogP contribution in [0.2, 0.25) is 5.02 Å². The molecule has 0 saturated carbocycles. The highest BCUT2D eigenvalue weighted by Gasteiger charge is 2.13. The third-order valence-electron chi connectivity index (χ3n) is 4.11. The predicted octanol–water partition coefficient (Wildman–Crippen LogP) is 3.75. The highest BCUT2D eigenvalue weighted by Crippen LogP contribution is 2.23. The zero-order chi connectivity index (χ0) is 14.7. The molecule has 21 heavy (non-hydrogen) atoms. The van der Waals surface area contributed by atoms with Gasteiger partial charge in [0, 0.05) is 37.7 Å². The number of benzene rings is 2. The maximum absolute atomic E-state index is 6.06. The molecule has 0 aliphatic carbocycles.